The molecule has 114 valence electrons. The van der Waals surface area contributed by atoms with Crippen LogP contribution in [-0.2, 0) is 9.53 Å². The van der Waals surface area contributed by atoms with Crippen molar-refractivity contribution in [3.63, 3.8) is 0 Å². The van der Waals surface area contributed by atoms with Gasteiger partial charge in [-0.1, -0.05) is 60.7 Å². The van der Waals surface area contributed by atoms with Crippen molar-refractivity contribution < 1.29 is 9.53 Å². The van der Waals surface area contributed by atoms with Crippen LogP contribution < -0.4 is 0 Å². The number of methoxy groups -OCH3 is 1. The first-order valence-corrected chi connectivity index (χ1v) is 7.73. The number of benzene rings is 2. The van der Waals surface area contributed by atoms with Crippen molar-refractivity contribution in [2.45, 2.75) is 25.0 Å². The minimum absolute atomic E-state index is 0.0800. The third-order valence-electron chi connectivity index (χ3n) is 4.26. The average Bonchev–Trinajstić information content (AvgIpc) is 3.00. The lowest BCUT2D eigenvalue weighted by Crippen LogP contribution is -2.34. The van der Waals surface area contributed by atoms with Crippen molar-refractivity contribution >= 4 is 5.91 Å². The second-order valence-electron chi connectivity index (χ2n) is 5.61. The van der Waals surface area contributed by atoms with Crippen LogP contribution in [0.3, 0.4) is 0 Å². The first-order valence-electron chi connectivity index (χ1n) is 7.73. The van der Waals surface area contributed by atoms with E-state index in [0.717, 1.165) is 24.1 Å². The first-order chi connectivity index (χ1) is 10.8. The van der Waals surface area contributed by atoms with Crippen molar-refractivity contribution in [2.75, 3.05) is 13.7 Å². The summed E-state index contributed by atoms with van der Waals surface area (Å²) in [7, 11) is 1.72. The molecule has 2 aromatic rings. The number of carbonyl (C=O) groups excluding carboxylic acids is 1. The number of hydrogen-bond donors (Lipinski definition) is 0. The minimum atomic E-state index is -0.161. The summed E-state index contributed by atoms with van der Waals surface area (Å²) in [6, 6.07) is 20.2. The predicted molar refractivity (Wildman–Crippen MR) is 86.3 cm³/mol. The lowest BCUT2D eigenvalue weighted by Gasteiger charge is -2.34. The number of ether oxygens (including phenoxy) is 1. The van der Waals surface area contributed by atoms with Crippen LogP contribution in [0, 0.1) is 0 Å². The van der Waals surface area contributed by atoms with Gasteiger partial charge in [-0.15, -0.1) is 0 Å². The Kier molecular flexibility index (Phi) is 4.54. The molecule has 0 spiro atoms. The van der Waals surface area contributed by atoms with Gasteiger partial charge in [-0.3, -0.25) is 4.79 Å². The van der Waals surface area contributed by atoms with E-state index in [1.165, 1.54) is 0 Å². The summed E-state index contributed by atoms with van der Waals surface area (Å²) in [5.74, 6) is 0.215. The van der Waals surface area contributed by atoms with Gasteiger partial charge in [0.1, 0.15) is 6.10 Å². The number of carbonyl (C=O) groups is 1. The van der Waals surface area contributed by atoms with Gasteiger partial charge in [0.25, 0.3) is 0 Å². The molecule has 3 nitrogen and oxygen atoms in total. The van der Waals surface area contributed by atoms with Crippen LogP contribution in [0.4, 0.5) is 0 Å². The van der Waals surface area contributed by atoms with Gasteiger partial charge in [0.2, 0.25) is 5.91 Å². The molecule has 1 amide bonds. The number of amides is 1. The summed E-state index contributed by atoms with van der Waals surface area (Å²) in [4.78, 5) is 14.3. The summed E-state index contributed by atoms with van der Waals surface area (Å²) in [6.45, 7) is 0.797. The highest BCUT2D eigenvalue weighted by Gasteiger charge is 2.35. The van der Waals surface area contributed by atoms with E-state index >= 15 is 0 Å². The number of likely N-dealkylation sites (tertiary alicyclic amines) is 1. The minimum Gasteiger partial charge on any atom is -0.374 e. The summed E-state index contributed by atoms with van der Waals surface area (Å²) in [5.41, 5.74) is 2.21. The third kappa shape index (κ3) is 2.90. The number of hydrogen-bond acceptors (Lipinski definition) is 2. The zero-order valence-electron chi connectivity index (χ0n) is 12.8. The molecule has 22 heavy (non-hydrogen) atoms. The van der Waals surface area contributed by atoms with Crippen LogP contribution in [0.5, 0.6) is 0 Å². The van der Waals surface area contributed by atoms with Gasteiger partial charge in [0.15, 0.2) is 0 Å². The smallest absolute Gasteiger partial charge is 0.223 e. The highest BCUT2D eigenvalue weighted by molar-refractivity contribution is 5.78. The fourth-order valence-electron chi connectivity index (χ4n) is 3.22. The number of rotatable bonds is 5. The molecule has 0 aliphatic carbocycles. The molecule has 1 heterocycles. The topological polar surface area (TPSA) is 29.5 Å². The average molecular weight is 295 g/mol. The summed E-state index contributed by atoms with van der Waals surface area (Å²) < 4.78 is 5.82. The Balaban J connectivity index is 2.02. The van der Waals surface area contributed by atoms with Crippen LogP contribution in [0.15, 0.2) is 60.7 Å². The highest BCUT2D eigenvalue weighted by Crippen LogP contribution is 2.38. The number of nitrogens with zero attached hydrogens (tertiary/aromatic N) is 1. The SMILES string of the molecule is CO[C@H](c1ccccc1)[C@H](c1ccccc1)N1CCCC1=O. The van der Waals surface area contributed by atoms with Crippen LogP contribution >= 0.6 is 0 Å². The van der Waals surface area contributed by atoms with Gasteiger partial charge >= 0.3 is 0 Å². The van der Waals surface area contributed by atoms with Gasteiger partial charge in [-0.05, 0) is 17.5 Å². The maximum atomic E-state index is 12.3. The molecule has 3 heteroatoms. The molecular weight excluding hydrogens is 274 g/mol. The zero-order valence-corrected chi connectivity index (χ0v) is 12.8. The maximum Gasteiger partial charge on any atom is 0.223 e. The molecule has 1 saturated heterocycles. The van der Waals surface area contributed by atoms with Crippen LogP contribution in [-0.4, -0.2) is 24.5 Å². The van der Waals surface area contributed by atoms with E-state index in [1.807, 2.05) is 41.3 Å². The Morgan fingerprint density at radius 2 is 1.55 bits per heavy atom. The van der Waals surface area contributed by atoms with Crippen molar-refractivity contribution in [2.24, 2.45) is 0 Å². The highest BCUT2D eigenvalue weighted by atomic mass is 16.5. The van der Waals surface area contributed by atoms with Gasteiger partial charge in [0.05, 0.1) is 6.04 Å². The molecule has 3 rings (SSSR count). The van der Waals surface area contributed by atoms with E-state index < -0.39 is 0 Å². The van der Waals surface area contributed by atoms with Gasteiger partial charge in [-0.2, -0.15) is 0 Å². The largest absolute Gasteiger partial charge is 0.374 e. The van der Waals surface area contributed by atoms with Crippen molar-refractivity contribution in [1.82, 2.24) is 4.90 Å². The Morgan fingerprint density at radius 1 is 0.955 bits per heavy atom. The van der Waals surface area contributed by atoms with Crippen molar-refractivity contribution in [1.29, 1.82) is 0 Å². The molecular formula is C19H21NO2. The summed E-state index contributed by atoms with van der Waals surface area (Å²) in [6.07, 6.45) is 1.40. The summed E-state index contributed by atoms with van der Waals surface area (Å²) >= 11 is 0. The summed E-state index contributed by atoms with van der Waals surface area (Å²) in [5, 5.41) is 0. The molecule has 0 aromatic heterocycles. The fraction of sp³-hybridized carbons (Fsp3) is 0.316. The molecule has 2 atom stereocenters. The molecule has 0 N–H and O–H groups in total. The molecule has 0 bridgehead atoms. The van der Waals surface area contributed by atoms with Gasteiger partial charge in [-0.25, -0.2) is 0 Å². The van der Waals surface area contributed by atoms with E-state index in [9.17, 15) is 4.79 Å². The maximum absolute atomic E-state index is 12.3. The molecule has 1 fully saturated rings. The van der Waals surface area contributed by atoms with Crippen LogP contribution in [0.25, 0.3) is 0 Å². The molecule has 2 aromatic carbocycles. The monoisotopic (exact) mass is 295 g/mol. The second kappa shape index (κ2) is 6.75. The zero-order chi connectivity index (χ0) is 15.4. The second-order valence-corrected chi connectivity index (χ2v) is 5.61. The quantitative estimate of drug-likeness (QED) is 0.841. The van der Waals surface area contributed by atoms with E-state index in [2.05, 4.69) is 24.3 Å². The van der Waals surface area contributed by atoms with Crippen molar-refractivity contribution in [3.8, 4) is 0 Å². The molecule has 1 aliphatic heterocycles. The van der Waals surface area contributed by atoms with Crippen LogP contribution in [0.1, 0.15) is 36.1 Å². The fourth-order valence-corrected chi connectivity index (χ4v) is 3.22. The van der Waals surface area contributed by atoms with Gasteiger partial charge < -0.3 is 9.64 Å². The Hall–Kier alpha value is -2.13. The molecule has 0 unspecified atom stereocenters. The van der Waals surface area contributed by atoms with E-state index in [-0.39, 0.29) is 18.1 Å². The first kappa shape index (κ1) is 14.8. The van der Waals surface area contributed by atoms with E-state index in [1.54, 1.807) is 7.11 Å². The Morgan fingerprint density at radius 3 is 2.05 bits per heavy atom. The lowest BCUT2D eigenvalue weighted by molar-refractivity contribution is -0.133. The normalized spacial score (nSPS) is 17.5. The van der Waals surface area contributed by atoms with Gasteiger partial charge in [0, 0.05) is 20.1 Å². The Labute approximate surface area is 131 Å². The standard InChI is InChI=1S/C19H21NO2/c1-22-19(16-11-6-3-7-12-16)18(15-9-4-2-5-10-15)20-14-8-13-17(20)21/h2-7,9-12,18-19H,8,13-14H2,1H3/t18-,19+/m0/s1. The van der Waals surface area contributed by atoms with E-state index in [0.29, 0.717) is 6.42 Å². The van der Waals surface area contributed by atoms with E-state index in [4.69, 9.17) is 4.74 Å². The molecule has 1 aliphatic rings. The van der Waals surface area contributed by atoms with Crippen LogP contribution in [0.2, 0.25) is 0 Å². The molecule has 0 saturated carbocycles. The third-order valence-corrected chi connectivity index (χ3v) is 4.26. The molecule has 0 radical (unpaired) electrons. The Bertz CT molecular complexity index is 612. The predicted octanol–water partition coefficient (Wildman–Crippen LogP) is 3.74. The lowest BCUT2D eigenvalue weighted by atomic mass is 9.94. The van der Waals surface area contributed by atoms with Crippen molar-refractivity contribution in [3.05, 3.63) is 71.8 Å².